The van der Waals surface area contributed by atoms with E-state index in [0.717, 1.165) is 16.3 Å². The number of aromatic hydroxyl groups is 1. The van der Waals surface area contributed by atoms with Crippen LogP contribution in [0.3, 0.4) is 0 Å². The van der Waals surface area contributed by atoms with Gasteiger partial charge in [0.1, 0.15) is 11.6 Å². The third-order valence-electron chi connectivity index (χ3n) is 3.06. The molecule has 0 unspecified atom stereocenters. The van der Waals surface area contributed by atoms with Crippen molar-refractivity contribution in [3.63, 3.8) is 0 Å². The van der Waals surface area contributed by atoms with Crippen molar-refractivity contribution >= 4 is 10.8 Å². The first-order valence-corrected chi connectivity index (χ1v) is 5.72. The molecule has 3 aromatic carbocycles. The van der Waals surface area contributed by atoms with E-state index in [1.807, 2.05) is 36.4 Å². The van der Waals surface area contributed by atoms with E-state index in [1.54, 1.807) is 12.1 Å². The van der Waals surface area contributed by atoms with Gasteiger partial charge in [-0.25, -0.2) is 4.39 Å². The molecule has 3 rings (SSSR count). The normalized spacial score (nSPS) is 10.7. The second-order valence-electron chi connectivity index (χ2n) is 4.19. The third-order valence-corrected chi connectivity index (χ3v) is 3.06. The van der Waals surface area contributed by atoms with Gasteiger partial charge in [-0.1, -0.05) is 48.5 Å². The number of phenolic OH excluding ortho intramolecular Hbond substituents is 1. The van der Waals surface area contributed by atoms with E-state index in [0.29, 0.717) is 5.56 Å². The molecule has 3 aromatic rings. The van der Waals surface area contributed by atoms with E-state index in [-0.39, 0.29) is 11.6 Å². The smallest absolute Gasteiger partial charge is 0.131 e. The van der Waals surface area contributed by atoms with Crippen molar-refractivity contribution < 1.29 is 9.50 Å². The van der Waals surface area contributed by atoms with Crippen molar-refractivity contribution in [2.75, 3.05) is 0 Å². The summed E-state index contributed by atoms with van der Waals surface area (Å²) in [7, 11) is 0. The molecule has 0 bridgehead atoms. The number of hydrogen-bond donors (Lipinski definition) is 1. The van der Waals surface area contributed by atoms with Gasteiger partial charge in [0, 0.05) is 10.9 Å². The van der Waals surface area contributed by atoms with Gasteiger partial charge in [-0.05, 0) is 23.1 Å². The van der Waals surface area contributed by atoms with Gasteiger partial charge in [0.25, 0.3) is 0 Å². The highest BCUT2D eigenvalue weighted by atomic mass is 19.1. The molecular formula is C16H11FO. The van der Waals surface area contributed by atoms with Crippen LogP contribution in [-0.2, 0) is 0 Å². The second-order valence-corrected chi connectivity index (χ2v) is 4.19. The first kappa shape index (κ1) is 10.8. The van der Waals surface area contributed by atoms with E-state index in [1.165, 1.54) is 12.1 Å². The molecule has 0 amide bonds. The van der Waals surface area contributed by atoms with Crippen LogP contribution in [-0.4, -0.2) is 5.11 Å². The van der Waals surface area contributed by atoms with Crippen LogP contribution in [0.15, 0.2) is 60.7 Å². The fourth-order valence-electron chi connectivity index (χ4n) is 2.12. The van der Waals surface area contributed by atoms with Crippen LogP contribution in [0.25, 0.3) is 21.9 Å². The van der Waals surface area contributed by atoms with Gasteiger partial charge < -0.3 is 5.11 Å². The van der Waals surface area contributed by atoms with E-state index < -0.39 is 0 Å². The lowest BCUT2D eigenvalue weighted by atomic mass is 10.00. The van der Waals surface area contributed by atoms with Crippen molar-refractivity contribution in [2.45, 2.75) is 0 Å². The number of benzene rings is 3. The Labute approximate surface area is 104 Å². The highest BCUT2D eigenvalue weighted by Gasteiger charge is 2.07. The molecule has 1 nitrogen and oxygen atoms in total. The molecule has 0 aliphatic rings. The minimum Gasteiger partial charge on any atom is -0.507 e. The van der Waals surface area contributed by atoms with Crippen LogP contribution < -0.4 is 0 Å². The standard InChI is InChI=1S/C16H11FO/c17-13-8-5-12(6-9-13)15-10-7-11-3-1-2-4-14(11)16(15)18/h1-10,18H. The molecule has 0 heterocycles. The van der Waals surface area contributed by atoms with Crippen LogP contribution in [0.4, 0.5) is 4.39 Å². The minimum atomic E-state index is -0.279. The zero-order valence-electron chi connectivity index (χ0n) is 9.60. The van der Waals surface area contributed by atoms with Crippen molar-refractivity contribution in [1.29, 1.82) is 0 Å². The highest BCUT2D eigenvalue weighted by molar-refractivity contribution is 5.94. The number of rotatable bonds is 1. The molecule has 0 aromatic heterocycles. The largest absolute Gasteiger partial charge is 0.507 e. The van der Waals surface area contributed by atoms with Crippen molar-refractivity contribution in [2.24, 2.45) is 0 Å². The summed E-state index contributed by atoms with van der Waals surface area (Å²) < 4.78 is 12.9. The third kappa shape index (κ3) is 1.72. The molecule has 88 valence electrons. The van der Waals surface area contributed by atoms with Crippen molar-refractivity contribution in [3.05, 3.63) is 66.5 Å². The Morgan fingerprint density at radius 3 is 2.28 bits per heavy atom. The average molecular weight is 238 g/mol. The van der Waals surface area contributed by atoms with Gasteiger partial charge in [0.2, 0.25) is 0 Å². The maximum Gasteiger partial charge on any atom is 0.131 e. The summed E-state index contributed by atoms with van der Waals surface area (Å²) in [5.74, 6) is -0.0428. The Balaban J connectivity index is 2.24. The molecule has 0 aliphatic heterocycles. The van der Waals surface area contributed by atoms with Crippen LogP contribution >= 0.6 is 0 Å². The van der Waals surface area contributed by atoms with Crippen molar-refractivity contribution in [1.82, 2.24) is 0 Å². The zero-order valence-corrected chi connectivity index (χ0v) is 9.60. The summed E-state index contributed by atoms with van der Waals surface area (Å²) >= 11 is 0. The molecule has 0 saturated heterocycles. The van der Waals surface area contributed by atoms with E-state index in [2.05, 4.69) is 0 Å². The van der Waals surface area contributed by atoms with E-state index >= 15 is 0 Å². The molecule has 0 aliphatic carbocycles. The molecule has 0 saturated carbocycles. The summed E-state index contributed by atoms with van der Waals surface area (Å²) in [5.41, 5.74) is 1.52. The predicted molar refractivity (Wildman–Crippen MR) is 71.0 cm³/mol. The van der Waals surface area contributed by atoms with E-state index in [4.69, 9.17) is 0 Å². The number of halogens is 1. The highest BCUT2D eigenvalue weighted by Crippen LogP contribution is 2.35. The maximum atomic E-state index is 12.9. The predicted octanol–water partition coefficient (Wildman–Crippen LogP) is 4.35. The fourth-order valence-corrected chi connectivity index (χ4v) is 2.12. The molecule has 2 heteroatoms. The van der Waals surface area contributed by atoms with Gasteiger partial charge in [-0.2, -0.15) is 0 Å². The van der Waals surface area contributed by atoms with E-state index in [9.17, 15) is 9.50 Å². The summed E-state index contributed by atoms with van der Waals surface area (Å²) in [4.78, 5) is 0. The second kappa shape index (κ2) is 4.15. The zero-order chi connectivity index (χ0) is 12.5. The van der Waals surface area contributed by atoms with Crippen LogP contribution in [0.1, 0.15) is 0 Å². The minimum absolute atomic E-state index is 0.236. The van der Waals surface area contributed by atoms with Crippen LogP contribution in [0, 0.1) is 5.82 Å². The number of hydrogen-bond acceptors (Lipinski definition) is 1. The summed E-state index contributed by atoms with van der Waals surface area (Å²) in [5, 5.41) is 12.1. The Morgan fingerprint density at radius 1 is 0.778 bits per heavy atom. The quantitative estimate of drug-likeness (QED) is 0.668. The molecule has 1 N–H and O–H groups in total. The van der Waals surface area contributed by atoms with Gasteiger partial charge >= 0.3 is 0 Å². The Morgan fingerprint density at radius 2 is 1.50 bits per heavy atom. The first-order chi connectivity index (χ1) is 8.75. The monoisotopic (exact) mass is 238 g/mol. The molecule has 18 heavy (non-hydrogen) atoms. The Bertz CT molecular complexity index is 702. The fraction of sp³-hybridized carbons (Fsp3) is 0. The number of fused-ring (bicyclic) bond motifs is 1. The lowest BCUT2D eigenvalue weighted by Crippen LogP contribution is -1.82. The molecule has 0 radical (unpaired) electrons. The Kier molecular flexibility index (Phi) is 2.49. The van der Waals surface area contributed by atoms with Crippen LogP contribution in [0.5, 0.6) is 5.75 Å². The number of phenols is 1. The van der Waals surface area contributed by atoms with Gasteiger partial charge in [-0.15, -0.1) is 0 Å². The van der Waals surface area contributed by atoms with Crippen molar-refractivity contribution in [3.8, 4) is 16.9 Å². The van der Waals surface area contributed by atoms with Gasteiger partial charge in [0.15, 0.2) is 0 Å². The Hall–Kier alpha value is -2.35. The molecule has 0 fully saturated rings. The SMILES string of the molecule is Oc1c(-c2ccc(F)cc2)ccc2ccccc12. The maximum absolute atomic E-state index is 12.9. The van der Waals surface area contributed by atoms with Gasteiger partial charge in [0.05, 0.1) is 0 Å². The summed E-state index contributed by atoms with van der Waals surface area (Å²) in [6.07, 6.45) is 0. The van der Waals surface area contributed by atoms with Crippen LogP contribution in [0.2, 0.25) is 0 Å². The van der Waals surface area contributed by atoms with Gasteiger partial charge in [-0.3, -0.25) is 0 Å². The first-order valence-electron chi connectivity index (χ1n) is 5.72. The summed E-state index contributed by atoms with van der Waals surface area (Å²) in [6.45, 7) is 0. The molecule has 0 atom stereocenters. The lowest BCUT2D eigenvalue weighted by molar-refractivity contribution is 0.483. The lowest BCUT2D eigenvalue weighted by Gasteiger charge is -2.08. The summed E-state index contributed by atoms with van der Waals surface area (Å²) in [6, 6.07) is 17.6. The topological polar surface area (TPSA) is 20.2 Å². The average Bonchev–Trinajstić information content (AvgIpc) is 2.41. The molecular weight excluding hydrogens is 227 g/mol. The molecule has 0 spiro atoms.